The fourth-order valence-electron chi connectivity index (χ4n) is 3.91. The van der Waals surface area contributed by atoms with Crippen LogP contribution in [0.4, 0.5) is 0 Å². The monoisotopic (exact) mass is 394 g/mol. The van der Waals surface area contributed by atoms with E-state index in [1.54, 1.807) is 7.11 Å². The molecule has 2 N–H and O–H groups in total. The van der Waals surface area contributed by atoms with Crippen molar-refractivity contribution in [1.29, 1.82) is 0 Å². The van der Waals surface area contributed by atoms with Gasteiger partial charge in [0.25, 0.3) is 0 Å². The van der Waals surface area contributed by atoms with Gasteiger partial charge in [0.2, 0.25) is 12.7 Å². The van der Waals surface area contributed by atoms with Crippen LogP contribution in [0.25, 0.3) is 10.9 Å². The fourth-order valence-corrected chi connectivity index (χ4v) is 3.91. The van der Waals surface area contributed by atoms with Gasteiger partial charge in [-0.15, -0.1) is 0 Å². The van der Waals surface area contributed by atoms with Crippen LogP contribution in [0.15, 0.2) is 42.6 Å². The van der Waals surface area contributed by atoms with Crippen molar-refractivity contribution in [2.24, 2.45) is 0 Å². The van der Waals surface area contributed by atoms with Crippen LogP contribution in [-0.4, -0.2) is 37.9 Å². The average Bonchev–Trinajstić information content (AvgIpc) is 3.38. The molecule has 0 fully saturated rings. The summed E-state index contributed by atoms with van der Waals surface area (Å²) in [5, 5.41) is 4.09. The van der Waals surface area contributed by atoms with Gasteiger partial charge in [-0.1, -0.05) is 31.2 Å². The van der Waals surface area contributed by atoms with E-state index in [0.29, 0.717) is 19.6 Å². The highest BCUT2D eigenvalue weighted by molar-refractivity contribution is 5.88. The Hall–Kier alpha value is -2.99. The first kappa shape index (κ1) is 19.3. The van der Waals surface area contributed by atoms with Crippen molar-refractivity contribution in [1.82, 2.24) is 10.3 Å². The first-order valence-electron chi connectivity index (χ1n) is 9.95. The first-order chi connectivity index (χ1) is 14.2. The number of carbonyl (C=O) groups is 1. The van der Waals surface area contributed by atoms with Crippen molar-refractivity contribution in [2.45, 2.75) is 25.7 Å². The normalized spacial score (nSPS) is 13.6. The van der Waals surface area contributed by atoms with Gasteiger partial charge >= 0.3 is 0 Å². The van der Waals surface area contributed by atoms with Crippen LogP contribution in [0.1, 0.15) is 36.0 Å². The van der Waals surface area contributed by atoms with Crippen LogP contribution in [0.3, 0.4) is 0 Å². The van der Waals surface area contributed by atoms with E-state index < -0.39 is 0 Å². The quantitative estimate of drug-likeness (QED) is 0.571. The number of hydrogen-bond acceptors (Lipinski definition) is 4. The van der Waals surface area contributed by atoms with Crippen molar-refractivity contribution in [3.63, 3.8) is 0 Å². The zero-order valence-corrected chi connectivity index (χ0v) is 16.8. The van der Waals surface area contributed by atoms with Gasteiger partial charge in [-0.05, 0) is 35.2 Å². The minimum Gasteiger partial charge on any atom is -0.454 e. The van der Waals surface area contributed by atoms with Crippen molar-refractivity contribution in [3.05, 3.63) is 59.3 Å². The molecule has 0 aliphatic carbocycles. The summed E-state index contributed by atoms with van der Waals surface area (Å²) in [6.45, 7) is 3.37. The Bertz CT molecular complexity index is 1010. The SMILES string of the molecule is CCc1cccc2c(C(CC(=O)NCCOC)c3ccc4c(c3)OCO4)c[nH]c12. The summed E-state index contributed by atoms with van der Waals surface area (Å²) >= 11 is 0. The van der Waals surface area contributed by atoms with E-state index in [2.05, 4.69) is 35.4 Å². The molecule has 6 nitrogen and oxygen atoms in total. The topological polar surface area (TPSA) is 72.6 Å². The Morgan fingerprint density at radius 2 is 2.10 bits per heavy atom. The second kappa shape index (κ2) is 8.57. The second-order valence-electron chi connectivity index (χ2n) is 7.15. The van der Waals surface area contributed by atoms with Gasteiger partial charge in [0.15, 0.2) is 11.5 Å². The van der Waals surface area contributed by atoms with Crippen molar-refractivity contribution in [3.8, 4) is 11.5 Å². The van der Waals surface area contributed by atoms with E-state index in [1.807, 2.05) is 24.4 Å². The summed E-state index contributed by atoms with van der Waals surface area (Å²) in [5.41, 5.74) is 4.54. The number of para-hydroxylation sites is 1. The summed E-state index contributed by atoms with van der Waals surface area (Å²) in [4.78, 5) is 16.1. The molecule has 1 amide bonds. The van der Waals surface area contributed by atoms with Gasteiger partial charge in [-0.3, -0.25) is 4.79 Å². The maximum absolute atomic E-state index is 12.7. The lowest BCUT2D eigenvalue weighted by atomic mass is 9.87. The third-order valence-corrected chi connectivity index (χ3v) is 5.41. The summed E-state index contributed by atoms with van der Waals surface area (Å²) in [7, 11) is 1.62. The Labute approximate surface area is 170 Å². The molecule has 1 aliphatic rings. The molecule has 0 bridgehead atoms. The molecule has 0 saturated heterocycles. The van der Waals surface area contributed by atoms with Crippen molar-refractivity contribution < 1.29 is 19.0 Å². The number of aromatic nitrogens is 1. The maximum Gasteiger partial charge on any atom is 0.231 e. The molecule has 2 aromatic carbocycles. The highest BCUT2D eigenvalue weighted by Crippen LogP contribution is 2.39. The van der Waals surface area contributed by atoms with Gasteiger partial charge in [-0.2, -0.15) is 0 Å². The van der Waals surface area contributed by atoms with Crippen LogP contribution in [-0.2, 0) is 16.0 Å². The number of carbonyl (C=O) groups excluding carboxylic acids is 1. The smallest absolute Gasteiger partial charge is 0.231 e. The Morgan fingerprint density at radius 1 is 1.24 bits per heavy atom. The van der Waals surface area contributed by atoms with Crippen LogP contribution < -0.4 is 14.8 Å². The number of H-pyrrole nitrogens is 1. The minimum absolute atomic E-state index is 0.00860. The van der Waals surface area contributed by atoms with Gasteiger partial charge in [-0.25, -0.2) is 0 Å². The van der Waals surface area contributed by atoms with Crippen LogP contribution in [0, 0.1) is 0 Å². The Morgan fingerprint density at radius 3 is 2.93 bits per heavy atom. The lowest BCUT2D eigenvalue weighted by Gasteiger charge is -2.18. The van der Waals surface area contributed by atoms with Crippen molar-refractivity contribution >= 4 is 16.8 Å². The maximum atomic E-state index is 12.7. The predicted octanol–water partition coefficient (Wildman–Crippen LogP) is 3.74. The number of rotatable bonds is 8. The Balaban J connectivity index is 1.71. The number of amides is 1. The minimum atomic E-state index is -0.104. The van der Waals surface area contributed by atoms with Gasteiger partial charge < -0.3 is 24.5 Å². The molecule has 29 heavy (non-hydrogen) atoms. The molecule has 0 radical (unpaired) electrons. The summed E-state index contributed by atoms with van der Waals surface area (Å²) in [5.74, 6) is 1.35. The molecule has 4 rings (SSSR count). The zero-order valence-electron chi connectivity index (χ0n) is 16.8. The number of ether oxygens (including phenoxy) is 3. The van der Waals surface area contributed by atoms with Gasteiger partial charge in [0.1, 0.15) is 0 Å². The number of hydrogen-bond donors (Lipinski definition) is 2. The molecule has 3 aromatic rings. The van der Waals surface area contributed by atoms with E-state index in [-0.39, 0.29) is 18.6 Å². The lowest BCUT2D eigenvalue weighted by molar-refractivity contribution is -0.121. The van der Waals surface area contributed by atoms with E-state index in [4.69, 9.17) is 14.2 Å². The molecule has 0 spiro atoms. The third-order valence-electron chi connectivity index (χ3n) is 5.41. The molecule has 2 heterocycles. The predicted molar refractivity (Wildman–Crippen MR) is 112 cm³/mol. The summed E-state index contributed by atoms with van der Waals surface area (Å²) in [6.07, 6.45) is 3.32. The van der Waals surface area contributed by atoms with Gasteiger partial charge in [0, 0.05) is 43.1 Å². The van der Waals surface area contributed by atoms with E-state index in [9.17, 15) is 4.79 Å². The molecule has 0 saturated carbocycles. The van der Waals surface area contributed by atoms with E-state index >= 15 is 0 Å². The van der Waals surface area contributed by atoms with Crippen molar-refractivity contribution in [2.75, 3.05) is 27.1 Å². The zero-order chi connectivity index (χ0) is 20.2. The Kier molecular flexibility index (Phi) is 5.71. The molecular formula is C23H26N2O4. The van der Waals surface area contributed by atoms with E-state index in [0.717, 1.165) is 39.9 Å². The summed E-state index contributed by atoms with van der Waals surface area (Å²) in [6, 6.07) is 12.2. The van der Waals surface area contributed by atoms with Crippen LogP contribution in [0.2, 0.25) is 0 Å². The standard InChI is InChI=1S/C23H26N2O4/c1-3-15-5-4-6-17-19(13-25-23(15)17)18(12-22(26)24-9-10-27-2)16-7-8-20-21(11-16)29-14-28-20/h4-8,11,13,18,25H,3,9-10,12,14H2,1-2H3,(H,24,26). The van der Waals surface area contributed by atoms with Crippen LogP contribution >= 0.6 is 0 Å². The number of aryl methyl sites for hydroxylation is 1. The second-order valence-corrected chi connectivity index (χ2v) is 7.15. The molecule has 1 atom stereocenters. The molecule has 152 valence electrons. The molecule has 1 unspecified atom stereocenters. The number of aromatic amines is 1. The number of methoxy groups -OCH3 is 1. The number of nitrogens with one attached hydrogen (secondary N) is 2. The number of benzene rings is 2. The average molecular weight is 394 g/mol. The van der Waals surface area contributed by atoms with E-state index in [1.165, 1.54) is 5.56 Å². The molecule has 1 aliphatic heterocycles. The fraction of sp³-hybridized carbons (Fsp3) is 0.348. The lowest BCUT2D eigenvalue weighted by Crippen LogP contribution is -2.28. The summed E-state index contributed by atoms with van der Waals surface area (Å²) < 4.78 is 16.1. The third kappa shape index (κ3) is 3.93. The number of fused-ring (bicyclic) bond motifs is 2. The van der Waals surface area contributed by atoms with Gasteiger partial charge in [0.05, 0.1) is 6.61 Å². The highest BCUT2D eigenvalue weighted by Gasteiger charge is 2.24. The molecule has 6 heteroatoms. The molecule has 1 aromatic heterocycles. The largest absolute Gasteiger partial charge is 0.454 e. The first-order valence-corrected chi connectivity index (χ1v) is 9.95. The molecular weight excluding hydrogens is 368 g/mol. The highest BCUT2D eigenvalue weighted by atomic mass is 16.7. The van der Waals surface area contributed by atoms with Crippen LogP contribution in [0.5, 0.6) is 11.5 Å².